The number of hydrogen-bond donors (Lipinski definition) is 1. The molecule has 0 atom stereocenters. The standard InChI is InChI=1S/C10H8F4N2O3S/c11-9(12)10(13,14)4-18-3-6-15-8(19-16-6)7-5(17)1-2-20-7/h1-2,9,17H,3-4H2. The van der Waals surface area contributed by atoms with E-state index in [-0.39, 0.29) is 17.5 Å². The van der Waals surface area contributed by atoms with E-state index in [1.807, 2.05) is 0 Å². The third kappa shape index (κ3) is 3.25. The van der Waals surface area contributed by atoms with E-state index in [4.69, 9.17) is 4.52 Å². The van der Waals surface area contributed by atoms with Crippen molar-refractivity contribution >= 4 is 11.3 Å². The van der Waals surface area contributed by atoms with Crippen LogP contribution in [0.1, 0.15) is 5.82 Å². The quantitative estimate of drug-likeness (QED) is 0.831. The van der Waals surface area contributed by atoms with E-state index in [9.17, 15) is 22.7 Å². The van der Waals surface area contributed by atoms with Crippen molar-refractivity contribution in [1.82, 2.24) is 10.1 Å². The SMILES string of the molecule is Oc1ccsc1-c1nc(COCC(F)(F)C(F)F)no1. The second-order valence-electron chi connectivity index (χ2n) is 3.71. The zero-order chi connectivity index (χ0) is 14.8. The van der Waals surface area contributed by atoms with Gasteiger partial charge in [0.25, 0.3) is 5.89 Å². The van der Waals surface area contributed by atoms with Crippen LogP contribution in [0.25, 0.3) is 10.8 Å². The van der Waals surface area contributed by atoms with Crippen LogP contribution in [-0.2, 0) is 11.3 Å². The largest absolute Gasteiger partial charge is 0.506 e. The van der Waals surface area contributed by atoms with Crippen molar-refractivity contribution in [3.8, 4) is 16.5 Å². The first-order chi connectivity index (χ1) is 9.40. The van der Waals surface area contributed by atoms with Gasteiger partial charge in [-0.25, -0.2) is 8.78 Å². The fourth-order valence-corrected chi connectivity index (χ4v) is 1.91. The minimum Gasteiger partial charge on any atom is -0.506 e. The van der Waals surface area contributed by atoms with E-state index in [2.05, 4.69) is 14.9 Å². The number of aromatic hydroxyl groups is 1. The number of nitrogens with zero attached hydrogens (tertiary/aromatic N) is 2. The summed E-state index contributed by atoms with van der Waals surface area (Å²) in [5, 5.41) is 14.4. The summed E-state index contributed by atoms with van der Waals surface area (Å²) in [6.45, 7) is -1.95. The van der Waals surface area contributed by atoms with Crippen molar-refractivity contribution in [2.24, 2.45) is 0 Å². The van der Waals surface area contributed by atoms with Crippen molar-refractivity contribution < 1.29 is 31.9 Å². The molecule has 2 heterocycles. The highest BCUT2D eigenvalue weighted by Crippen LogP contribution is 2.33. The molecule has 0 aromatic carbocycles. The smallest absolute Gasteiger partial charge is 0.330 e. The summed E-state index contributed by atoms with van der Waals surface area (Å²) < 4.78 is 58.1. The summed E-state index contributed by atoms with van der Waals surface area (Å²) in [5.74, 6) is -4.37. The molecule has 110 valence electrons. The van der Waals surface area contributed by atoms with Gasteiger partial charge in [-0.1, -0.05) is 5.16 Å². The van der Waals surface area contributed by atoms with Gasteiger partial charge >= 0.3 is 12.3 Å². The zero-order valence-electron chi connectivity index (χ0n) is 9.72. The lowest BCUT2D eigenvalue weighted by atomic mass is 10.4. The van der Waals surface area contributed by atoms with Gasteiger partial charge in [0.2, 0.25) is 0 Å². The van der Waals surface area contributed by atoms with E-state index >= 15 is 0 Å². The number of rotatable bonds is 6. The van der Waals surface area contributed by atoms with Crippen molar-refractivity contribution in [2.75, 3.05) is 6.61 Å². The molecular weight excluding hydrogens is 304 g/mol. The molecule has 10 heteroatoms. The molecule has 1 N–H and O–H groups in total. The number of halogens is 4. The fourth-order valence-electron chi connectivity index (χ4n) is 1.21. The maximum atomic E-state index is 12.6. The fraction of sp³-hybridized carbons (Fsp3) is 0.400. The molecule has 5 nitrogen and oxygen atoms in total. The Morgan fingerprint density at radius 1 is 1.45 bits per heavy atom. The Kier molecular flexibility index (Phi) is 4.23. The second kappa shape index (κ2) is 5.75. The summed E-state index contributed by atoms with van der Waals surface area (Å²) in [6, 6.07) is 1.42. The van der Waals surface area contributed by atoms with Crippen LogP contribution in [0.3, 0.4) is 0 Å². The van der Waals surface area contributed by atoms with Crippen LogP contribution in [0.5, 0.6) is 5.75 Å². The average molecular weight is 312 g/mol. The van der Waals surface area contributed by atoms with Crippen molar-refractivity contribution in [3.63, 3.8) is 0 Å². The number of aromatic nitrogens is 2. The Morgan fingerprint density at radius 3 is 2.80 bits per heavy atom. The van der Waals surface area contributed by atoms with Gasteiger partial charge in [-0.05, 0) is 11.4 Å². The molecule has 0 aliphatic heterocycles. The average Bonchev–Trinajstić information content (AvgIpc) is 2.97. The third-order valence-corrected chi connectivity index (χ3v) is 3.04. The number of hydrogen-bond acceptors (Lipinski definition) is 6. The van der Waals surface area contributed by atoms with Gasteiger partial charge in [-0.3, -0.25) is 0 Å². The van der Waals surface area contributed by atoms with Gasteiger partial charge in [-0.15, -0.1) is 11.3 Å². The van der Waals surface area contributed by atoms with E-state index < -0.39 is 25.6 Å². The first-order valence-electron chi connectivity index (χ1n) is 5.23. The molecule has 0 bridgehead atoms. The molecule has 0 unspecified atom stereocenters. The third-order valence-electron chi connectivity index (χ3n) is 2.15. The predicted molar refractivity (Wildman–Crippen MR) is 59.9 cm³/mol. The molecule has 0 saturated carbocycles. The zero-order valence-corrected chi connectivity index (χ0v) is 10.5. The number of thiophene rings is 1. The highest BCUT2D eigenvalue weighted by molar-refractivity contribution is 7.13. The van der Waals surface area contributed by atoms with Crippen LogP contribution in [0.2, 0.25) is 0 Å². The summed E-state index contributed by atoms with van der Waals surface area (Å²) >= 11 is 1.14. The Hall–Kier alpha value is -1.68. The maximum absolute atomic E-state index is 12.6. The summed E-state index contributed by atoms with van der Waals surface area (Å²) in [5.41, 5.74) is 0. The van der Waals surface area contributed by atoms with Crippen molar-refractivity contribution in [1.29, 1.82) is 0 Å². The van der Waals surface area contributed by atoms with E-state index in [1.54, 1.807) is 5.38 Å². The molecule has 2 aromatic heterocycles. The lowest BCUT2D eigenvalue weighted by Crippen LogP contribution is -2.32. The maximum Gasteiger partial charge on any atom is 0.330 e. The normalized spacial score (nSPS) is 12.2. The topological polar surface area (TPSA) is 68.4 Å². The van der Waals surface area contributed by atoms with Crippen LogP contribution in [0, 0.1) is 0 Å². The van der Waals surface area contributed by atoms with Gasteiger partial charge in [0.1, 0.15) is 23.8 Å². The molecule has 2 rings (SSSR count). The summed E-state index contributed by atoms with van der Waals surface area (Å²) in [7, 11) is 0. The Bertz CT molecular complexity index is 572. The Morgan fingerprint density at radius 2 is 2.20 bits per heavy atom. The highest BCUT2D eigenvalue weighted by atomic mass is 32.1. The minimum atomic E-state index is -4.22. The first kappa shape index (κ1) is 14.7. The monoisotopic (exact) mass is 312 g/mol. The molecule has 0 aliphatic carbocycles. The lowest BCUT2D eigenvalue weighted by Gasteiger charge is -2.14. The van der Waals surface area contributed by atoms with Crippen LogP contribution in [-0.4, -0.2) is 34.2 Å². The van der Waals surface area contributed by atoms with Crippen molar-refractivity contribution in [3.05, 3.63) is 17.3 Å². The molecular formula is C10H8F4N2O3S. The Balaban J connectivity index is 1.93. The molecule has 0 saturated heterocycles. The van der Waals surface area contributed by atoms with Gasteiger partial charge in [0, 0.05) is 0 Å². The molecule has 0 aliphatic rings. The van der Waals surface area contributed by atoms with Crippen LogP contribution in [0.4, 0.5) is 17.6 Å². The van der Waals surface area contributed by atoms with E-state index in [0.717, 1.165) is 11.3 Å². The second-order valence-corrected chi connectivity index (χ2v) is 4.62. The molecule has 20 heavy (non-hydrogen) atoms. The first-order valence-corrected chi connectivity index (χ1v) is 6.11. The molecule has 0 radical (unpaired) electrons. The van der Waals surface area contributed by atoms with E-state index in [1.165, 1.54) is 6.07 Å². The van der Waals surface area contributed by atoms with Gasteiger partial charge in [0.15, 0.2) is 5.82 Å². The van der Waals surface area contributed by atoms with Gasteiger partial charge < -0.3 is 14.4 Å². The van der Waals surface area contributed by atoms with Gasteiger partial charge in [0.05, 0.1) is 0 Å². The molecule has 2 aromatic rings. The molecule has 0 spiro atoms. The predicted octanol–water partition coefficient (Wildman–Crippen LogP) is 2.92. The summed E-state index contributed by atoms with van der Waals surface area (Å²) in [4.78, 5) is 4.11. The summed E-state index contributed by atoms with van der Waals surface area (Å²) in [6.07, 6.45) is -3.80. The van der Waals surface area contributed by atoms with Crippen LogP contribution >= 0.6 is 11.3 Å². The number of ether oxygens (including phenoxy) is 1. The molecule has 0 fully saturated rings. The van der Waals surface area contributed by atoms with Crippen LogP contribution < -0.4 is 0 Å². The Labute approximate surface area is 113 Å². The number of alkyl halides is 4. The van der Waals surface area contributed by atoms with E-state index in [0.29, 0.717) is 4.88 Å². The highest BCUT2D eigenvalue weighted by Gasteiger charge is 2.41. The van der Waals surface area contributed by atoms with Crippen molar-refractivity contribution in [2.45, 2.75) is 19.0 Å². The molecule has 0 amide bonds. The minimum absolute atomic E-state index is 0.00304. The van der Waals surface area contributed by atoms with Crippen LogP contribution in [0.15, 0.2) is 16.0 Å². The lowest BCUT2D eigenvalue weighted by molar-refractivity contribution is -0.168. The van der Waals surface area contributed by atoms with Gasteiger partial charge in [-0.2, -0.15) is 13.8 Å².